The van der Waals surface area contributed by atoms with Gasteiger partial charge in [-0.2, -0.15) is 0 Å². The Labute approximate surface area is 201 Å². The molecule has 2 heterocycles. The number of thiazole rings is 1. The Morgan fingerprint density at radius 1 is 1.24 bits per heavy atom. The molecule has 2 rings (SSSR count). The Morgan fingerprint density at radius 2 is 1.91 bits per heavy atom. The first-order chi connectivity index (χ1) is 15.3. The van der Waals surface area contributed by atoms with Crippen molar-refractivity contribution >= 4 is 29.2 Å². The number of nitrogens with zero attached hydrogens (tertiary/aromatic N) is 1. The second kappa shape index (κ2) is 11.5. The second-order valence-corrected chi connectivity index (χ2v) is 11.1. The van der Waals surface area contributed by atoms with Gasteiger partial charge in [-0.1, -0.05) is 33.3 Å². The predicted molar refractivity (Wildman–Crippen MR) is 132 cm³/mol. The number of hydrogen-bond acceptors (Lipinski definition) is 7. The van der Waals surface area contributed by atoms with E-state index >= 15 is 0 Å². The second-order valence-electron chi connectivity index (χ2n) is 10.1. The first-order valence-electron chi connectivity index (χ1n) is 11.7. The Kier molecular flexibility index (Phi) is 9.58. The van der Waals surface area contributed by atoms with Crippen LogP contribution >= 0.6 is 11.3 Å². The normalized spacial score (nSPS) is 32.3. The van der Waals surface area contributed by atoms with Gasteiger partial charge in [0.15, 0.2) is 0 Å². The molecular formula is C26H39NO5S. The third-order valence-electron chi connectivity index (χ3n) is 6.72. The summed E-state index contributed by atoms with van der Waals surface area (Å²) in [6.45, 7) is 12.7. The SMILES string of the molecule is C/C1=C/C(/C(C)=C/c2csc(C)n2)OC(=O)CC(O)C(C)(C)C(=O)C(C)C(O)C(C)CCC1. The van der Waals surface area contributed by atoms with E-state index in [1.54, 1.807) is 32.1 Å². The molecule has 1 aromatic heterocycles. The number of cyclic esters (lactones) is 1. The molecule has 0 aliphatic carbocycles. The van der Waals surface area contributed by atoms with Gasteiger partial charge in [0.25, 0.3) is 0 Å². The number of rotatable bonds is 2. The van der Waals surface area contributed by atoms with Crippen LogP contribution in [0.4, 0.5) is 0 Å². The summed E-state index contributed by atoms with van der Waals surface area (Å²) in [4.78, 5) is 30.4. The van der Waals surface area contributed by atoms with Crippen LogP contribution in [0.5, 0.6) is 0 Å². The predicted octanol–water partition coefficient (Wildman–Crippen LogP) is 4.88. The maximum Gasteiger partial charge on any atom is 0.309 e. The molecule has 0 saturated heterocycles. The summed E-state index contributed by atoms with van der Waals surface area (Å²) in [5.74, 6) is -1.52. The molecule has 0 saturated carbocycles. The Bertz CT molecular complexity index is 900. The lowest BCUT2D eigenvalue weighted by Crippen LogP contribution is -2.45. The topological polar surface area (TPSA) is 96.7 Å². The van der Waals surface area contributed by atoms with Crippen molar-refractivity contribution in [2.45, 2.75) is 92.5 Å². The maximum atomic E-state index is 13.1. The van der Waals surface area contributed by atoms with Gasteiger partial charge >= 0.3 is 5.97 Å². The number of esters is 1. The van der Waals surface area contributed by atoms with Gasteiger partial charge in [0.2, 0.25) is 0 Å². The first kappa shape index (κ1) is 27.4. The van der Waals surface area contributed by atoms with Crippen molar-refractivity contribution < 1.29 is 24.5 Å². The number of aliphatic hydroxyl groups excluding tert-OH is 2. The fourth-order valence-electron chi connectivity index (χ4n) is 4.24. The van der Waals surface area contributed by atoms with Gasteiger partial charge in [0, 0.05) is 11.3 Å². The molecule has 0 bridgehead atoms. The van der Waals surface area contributed by atoms with Crippen molar-refractivity contribution in [1.82, 2.24) is 4.98 Å². The number of carbonyl (C=O) groups excluding carboxylic acids is 2. The summed E-state index contributed by atoms with van der Waals surface area (Å²) in [5, 5.41) is 24.5. The number of ether oxygens (including phenoxy) is 1. The molecule has 1 aliphatic heterocycles. The van der Waals surface area contributed by atoms with E-state index in [9.17, 15) is 19.8 Å². The average Bonchev–Trinajstić information content (AvgIpc) is 3.14. The number of hydrogen-bond donors (Lipinski definition) is 2. The highest BCUT2D eigenvalue weighted by Gasteiger charge is 2.42. The minimum Gasteiger partial charge on any atom is -0.453 e. The molecular weight excluding hydrogens is 438 g/mol. The summed E-state index contributed by atoms with van der Waals surface area (Å²) < 4.78 is 5.78. The van der Waals surface area contributed by atoms with E-state index in [0.717, 1.165) is 41.1 Å². The van der Waals surface area contributed by atoms with Crippen LogP contribution in [0.1, 0.15) is 77.9 Å². The lowest BCUT2D eigenvalue weighted by atomic mass is 9.73. The first-order valence-corrected chi connectivity index (χ1v) is 12.6. The Hall–Kier alpha value is -1.83. The maximum absolute atomic E-state index is 13.1. The van der Waals surface area contributed by atoms with Crippen molar-refractivity contribution in [3.63, 3.8) is 0 Å². The van der Waals surface area contributed by atoms with Crippen molar-refractivity contribution in [3.05, 3.63) is 33.3 Å². The number of aliphatic hydroxyl groups is 2. The minimum atomic E-state index is -1.22. The van der Waals surface area contributed by atoms with Crippen LogP contribution < -0.4 is 0 Å². The molecule has 2 N–H and O–H groups in total. The van der Waals surface area contributed by atoms with Crippen molar-refractivity contribution in [2.75, 3.05) is 0 Å². The molecule has 0 radical (unpaired) electrons. The van der Waals surface area contributed by atoms with Crippen LogP contribution in [0.3, 0.4) is 0 Å². The van der Waals surface area contributed by atoms with Crippen molar-refractivity contribution in [3.8, 4) is 0 Å². The van der Waals surface area contributed by atoms with E-state index in [2.05, 4.69) is 4.98 Å². The van der Waals surface area contributed by atoms with Gasteiger partial charge in [0.05, 0.1) is 34.7 Å². The van der Waals surface area contributed by atoms with Gasteiger partial charge in [-0.25, -0.2) is 4.98 Å². The highest BCUT2D eigenvalue weighted by molar-refractivity contribution is 7.09. The van der Waals surface area contributed by atoms with Crippen LogP contribution in [-0.2, 0) is 14.3 Å². The van der Waals surface area contributed by atoms with Gasteiger partial charge < -0.3 is 14.9 Å². The summed E-state index contributed by atoms with van der Waals surface area (Å²) in [5.41, 5.74) is 1.54. The zero-order chi connectivity index (χ0) is 24.9. The van der Waals surface area contributed by atoms with Crippen molar-refractivity contribution in [1.29, 1.82) is 0 Å². The number of Topliss-reactive ketones (excluding diaryl/α,β-unsaturated/α-hetero) is 1. The lowest BCUT2D eigenvalue weighted by molar-refractivity contribution is -0.152. The van der Waals surface area contributed by atoms with E-state index in [1.165, 1.54) is 0 Å². The fraction of sp³-hybridized carbons (Fsp3) is 0.654. The molecule has 0 spiro atoms. The Balaban J connectivity index is 2.36. The van der Waals surface area contributed by atoms with Gasteiger partial charge in [0.1, 0.15) is 11.9 Å². The zero-order valence-corrected chi connectivity index (χ0v) is 21.7. The van der Waals surface area contributed by atoms with Gasteiger partial charge in [-0.3, -0.25) is 9.59 Å². The van der Waals surface area contributed by atoms with Crippen molar-refractivity contribution in [2.24, 2.45) is 17.3 Å². The molecule has 0 fully saturated rings. The monoisotopic (exact) mass is 477 g/mol. The highest BCUT2D eigenvalue weighted by atomic mass is 32.1. The average molecular weight is 478 g/mol. The largest absolute Gasteiger partial charge is 0.453 e. The van der Waals surface area contributed by atoms with Crippen LogP contribution in [0.15, 0.2) is 22.6 Å². The Morgan fingerprint density at radius 3 is 2.52 bits per heavy atom. The number of ketones is 1. The molecule has 1 aliphatic rings. The van der Waals surface area contributed by atoms with Crippen LogP contribution in [0, 0.1) is 24.2 Å². The lowest BCUT2D eigenvalue weighted by Gasteiger charge is -2.34. The molecule has 6 nitrogen and oxygen atoms in total. The summed E-state index contributed by atoms with van der Waals surface area (Å²) >= 11 is 1.56. The van der Waals surface area contributed by atoms with E-state index in [-0.39, 0.29) is 18.1 Å². The molecule has 33 heavy (non-hydrogen) atoms. The third kappa shape index (κ3) is 7.33. The third-order valence-corrected chi connectivity index (χ3v) is 7.51. The van der Waals surface area contributed by atoms with E-state index in [0.29, 0.717) is 0 Å². The summed E-state index contributed by atoms with van der Waals surface area (Å²) in [7, 11) is 0. The minimum absolute atomic E-state index is 0.0574. The smallest absolute Gasteiger partial charge is 0.309 e. The summed E-state index contributed by atoms with van der Waals surface area (Å²) in [6, 6.07) is 0. The fourth-order valence-corrected chi connectivity index (χ4v) is 4.81. The van der Waals surface area contributed by atoms with Crippen LogP contribution in [0.25, 0.3) is 6.08 Å². The van der Waals surface area contributed by atoms with E-state index in [4.69, 9.17) is 4.74 Å². The number of aryl methyl sites for hydroxylation is 1. The van der Waals surface area contributed by atoms with Crippen LogP contribution in [0.2, 0.25) is 0 Å². The zero-order valence-electron chi connectivity index (χ0n) is 20.9. The van der Waals surface area contributed by atoms with Gasteiger partial charge in [-0.15, -0.1) is 11.3 Å². The van der Waals surface area contributed by atoms with Crippen LogP contribution in [-0.4, -0.2) is 45.3 Å². The molecule has 0 aromatic carbocycles. The van der Waals surface area contributed by atoms with E-state index in [1.807, 2.05) is 45.2 Å². The number of allylic oxidation sites excluding steroid dienone is 1. The standard InChI is InChI=1S/C26H39NO5S/c1-15-9-8-10-16(2)24(30)18(4)25(31)26(6,7)22(28)13-23(29)32-21(11-15)17(3)12-20-14-33-19(5)27-20/h11-12,14,16,18,21-22,24,28,30H,8-10,13H2,1-7H3/b15-11-,17-12+. The number of aromatic nitrogens is 1. The molecule has 184 valence electrons. The number of carbonyl (C=O) groups is 2. The quantitative estimate of drug-likeness (QED) is 0.466. The molecule has 0 amide bonds. The molecule has 5 unspecified atom stereocenters. The van der Waals surface area contributed by atoms with Gasteiger partial charge in [-0.05, 0) is 63.7 Å². The summed E-state index contributed by atoms with van der Waals surface area (Å²) in [6.07, 6.45) is 3.35. The molecule has 7 heteroatoms. The molecule has 5 atom stereocenters. The molecule has 1 aromatic rings. The van der Waals surface area contributed by atoms with E-state index < -0.39 is 35.6 Å². The highest BCUT2D eigenvalue weighted by Crippen LogP contribution is 2.32.